The maximum atomic E-state index is 13.6. The second kappa shape index (κ2) is 13.6. The average molecular weight is 593 g/mol. The molecule has 0 amide bonds. The molecule has 0 saturated heterocycles. The number of anilines is 1. The number of rotatable bonds is 14. The molecule has 0 fully saturated rings. The molecule has 0 saturated carbocycles. The van der Waals surface area contributed by atoms with Crippen molar-refractivity contribution in [2.45, 2.75) is 39.7 Å². The molecule has 2 aromatic carbocycles. The van der Waals surface area contributed by atoms with Crippen molar-refractivity contribution in [3.05, 3.63) is 54.6 Å². The van der Waals surface area contributed by atoms with Gasteiger partial charge in [0, 0.05) is 0 Å². The Kier molecular flexibility index (Phi) is 11.3. The number of benzene rings is 2. The van der Waals surface area contributed by atoms with Crippen LogP contribution in [-0.2, 0) is 18.9 Å². The maximum Gasteiger partial charge on any atom is 0.558 e. The van der Waals surface area contributed by atoms with Crippen LogP contribution in [0.5, 0.6) is 11.5 Å². The Morgan fingerprint density at radius 1 is 1.06 bits per heavy atom. The zero-order valence-corrected chi connectivity index (χ0v) is 22.2. The molecule has 182 valence electrons. The lowest BCUT2D eigenvalue weighted by atomic mass is 10.1. The van der Waals surface area contributed by atoms with Crippen molar-refractivity contribution >= 4 is 40.9 Å². The van der Waals surface area contributed by atoms with Gasteiger partial charge in [-0.25, -0.2) is 7.63 Å². The molecule has 11 heteroatoms. The van der Waals surface area contributed by atoms with Gasteiger partial charge >= 0.3 is 35.2 Å². The van der Waals surface area contributed by atoms with Crippen LogP contribution in [0.25, 0.3) is 0 Å². The van der Waals surface area contributed by atoms with Gasteiger partial charge in [-0.2, -0.15) is 5.09 Å². The van der Waals surface area contributed by atoms with Crippen molar-refractivity contribution in [2.75, 3.05) is 17.0 Å². The van der Waals surface area contributed by atoms with Crippen LogP contribution in [0, 0.1) is 5.92 Å². The minimum Gasteiger partial charge on any atom is -0.464 e. The Morgan fingerprint density at radius 3 is 2.15 bits per heavy atom. The summed E-state index contributed by atoms with van der Waals surface area (Å²) >= 11 is -1.31. The number of hydrogen-bond donors (Lipinski definition) is 1. The van der Waals surface area contributed by atoms with E-state index in [0.29, 0.717) is 18.0 Å². The predicted octanol–water partition coefficient (Wildman–Crippen LogP) is 5.75. The Hall–Kier alpha value is -2.01. The van der Waals surface area contributed by atoms with E-state index < -0.39 is 41.2 Å². The van der Waals surface area contributed by atoms with Gasteiger partial charge in [-0.15, -0.1) is 3.28 Å². The van der Waals surface area contributed by atoms with E-state index in [9.17, 15) is 12.4 Å². The highest BCUT2D eigenvalue weighted by Gasteiger charge is 2.34. The Labute approximate surface area is 205 Å². The van der Waals surface area contributed by atoms with Crippen LogP contribution in [0.3, 0.4) is 0 Å². The van der Waals surface area contributed by atoms with E-state index in [1.165, 1.54) is 10.4 Å². The topological polar surface area (TPSA) is 108 Å². The fraction of sp³-hybridized carbons (Fsp3) is 0.409. The Bertz CT molecular complexity index is 926. The molecule has 2 atom stereocenters. The minimum atomic E-state index is -4.03. The quantitative estimate of drug-likeness (QED) is 0.0737. The Balaban J connectivity index is 2.17. The molecule has 9 nitrogen and oxygen atoms in total. The van der Waals surface area contributed by atoms with E-state index in [0.717, 1.165) is 12.8 Å². The van der Waals surface area contributed by atoms with Crippen molar-refractivity contribution in [1.29, 1.82) is 0 Å². The lowest BCUT2D eigenvalue weighted by molar-refractivity contribution is -0.146. The van der Waals surface area contributed by atoms with Gasteiger partial charge in [-0.1, -0.05) is 44.9 Å². The average Bonchev–Trinajstić information content (AvgIpc) is 2.81. The van der Waals surface area contributed by atoms with Crippen LogP contribution >= 0.6 is 29.2 Å². The fourth-order valence-corrected chi connectivity index (χ4v) is 5.04. The van der Waals surface area contributed by atoms with E-state index in [4.69, 9.17) is 18.6 Å². The number of hydrogen-bond acceptors (Lipinski definition) is 6. The van der Waals surface area contributed by atoms with E-state index in [2.05, 4.69) is 5.09 Å². The van der Waals surface area contributed by atoms with Gasteiger partial charge in [-0.3, -0.25) is 9.63 Å². The predicted molar refractivity (Wildman–Crippen MR) is 135 cm³/mol. The van der Waals surface area contributed by atoms with Gasteiger partial charge in [0.15, 0.2) is 0 Å². The molecule has 0 spiro atoms. The molecule has 0 bridgehead atoms. The molecule has 0 aliphatic rings. The van der Waals surface area contributed by atoms with Gasteiger partial charge in [0.2, 0.25) is 0 Å². The van der Waals surface area contributed by atoms with Crippen molar-refractivity contribution in [1.82, 2.24) is 5.09 Å². The number of nitrogens with one attached hydrogen (secondary N) is 1. The first-order valence-electron chi connectivity index (χ1n) is 10.6. The van der Waals surface area contributed by atoms with Crippen molar-refractivity contribution < 1.29 is 31.1 Å². The van der Waals surface area contributed by atoms with Crippen molar-refractivity contribution in [3.63, 3.8) is 0 Å². The van der Waals surface area contributed by atoms with E-state index in [-0.39, 0.29) is 11.7 Å². The van der Waals surface area contributed by atoms with Crippen LogP contribution in [0.2, 0.25) is 0 Å². The van der Waals surface area contributed by atoms with Crippen molar-refractivity contribution in [3.8, 4) is 11.5 Å². The third-order valence-electron chi connectivity index (χ3n) is 4.78. The highest BCUT2D eigenvalue weighted by molar-refractivity contribution is 14.1. The van der Waals surface area contributed by atoms with Crippen LogP contribution in [0.4, 0.5) is 5.69 Å². The van der Waals surface area contributed by atoms with E-state index >= 15 is 0 Å². The normalized spacial score (nSPS) is 13.7. The summed E-state index contributed by atoms with van der Waals surface area (Å²) in [5.41, 5.74) is 0.616. The van der Waals surface area contributed by atoms with Crippen molar-refractivity contribution in [2.24, 2.45) is 5.92 Å². The van der Waals surface area contributed by atoms with Crippen LogP contribution in [0.15, 0.2) is 54.6 Å². The molecule has 0 aromatic heterocycles. The number of carbonyl (C=O) groups excluding carboxylic acids is 1. The first-order valence-corrected chi connectivity index (χ1v) is 14.0. The molecule has 0 aliphatic carbocycles. The summed E-state index contributed by atoms with van der Waals surface area (Å²) in [6, 6.07) is 14.0. The SMILES string of the molecule is CCC(CC)COC(=O)[C@H](C)N[P@](=O)(Oc1ccccc1)Oc1ccc(N(OC)I=[OH+])cc1. The highest BCUT2D eigenvalue weighted by atomic mass is 127. The number of nitrogens with zero attached hydrogens (tertiary/aromatic N) is 1. The molecule has 33 heavy (non-hydrogen) atoms. The van der Waals surface area contributed by atoms with Gasteiger partial charge in [0.1, 0.15) is 17.5 Å². The standard InChI is InChI=1S/C22H30IN2O7P/c1-5-18(6-2)16-30-22(26)17(3)24-33(28,31-20-10-8-7-9-11-20)32-21-14-12-19(13-15-21)25(23-27)29-4/h7-15,17-18H,5-6,16H2,1-4H3,(H,24,28)/p+1/t17-,33-/m0/s1. The lowest BCUT2D eigenvalue weighted by Crippen LogP contribution is -2.36. The summed E-state index contributed by atoms with van der Waals surface area (Å²) in [7, 11) is -2.57. The first-order chi connectivity index (χ1) is 15.8. The number of halogens is 1. The molecule has 0 heterocycles. The molecule has 2 aromatic rings. The van der Waals surface area contributed by atoms with Gasteiger partial charge in [0.25, 0.3) is 0 Å². The van der Waals surface area contributed by atoms with Crippen LogP contribution < -0.4 is 17.4 Å². The molecule has 2 rings (SSSR count). The van der Waals surface area contributed by atoms with E-state index in [1.807, 2.05) is 13.8 Å². The highest BCUT2D eigenvalue weighted by Crippen LogP contribution is 2.45. The third-order valence-corrected chi connectivity index (χ3v) is 7.73. The number of para-hydroxylation sites is 1. The summed E-state index contributed by atoms with van der Waals surface area (Å²) in [5, 5.41) is 2.68. The monoisotopic (exact) mass is 593 g/mol. The van der Waals surface area contributed by atoms with Gasteiger partial charge in [0.05, 0.1) is 19.4 Å². The maximum absolute atomic E-state index is 13.6. The number of esters is 1. The third kappa shape index (κ3) is 8.69. The second-order valence-corrected chi connectivity index (χ2v) is 10.1. The van der Waals surface area contributed by atoms with E-state index in [1.54, 1.807) is 61.5 Å². The zero-order chi connectivity index (χ0) is 24.3. The molecule has 0 unspecified atom stereocenters. The second-order valence-electron chi connectivity index (χ2n) is 7.15. The minimum absolute atomic E-state index is 0.246. The first kappa shape index (κ1) is 27.2. The lowest BCUT2D eigenvalue weighted by Gasteiger charge is -2.23. The number of carbonyl (C=O) groups is 1. The summed E-state index contributed by atoms with van der Waals surface area (Å²) in [5.74, 6) is 0.296. The smallest absolute Gasteiger partial charge is 0.464 e. The summed E-state index contributed by atoms with van der Waals surface area (Å²) in [6.07, 6.45) is 1.80. The largest absolute Gasteiger partial charge is 0.558 e. The van der Waals surface area contributed by atoms with Gasteiger partial charge < -0.3 is 13.8 Å². The van der Waals surface area contributed by atoms with Gasteiger partial charge in [-0.05, 0) is 49.2 Å². The fourth-order valence-electron chi connectivity index (χ4n) is 2.77. The molecule has 2 N–H and O–H groups in total. The van der Waals surface area contributed by atoms with Crippen LogP contribution in [-0.4, -0.2) is 28.8 Å². The molecule has 0 radical (unpaired) electrons. The summed E-state index contributed by atoms with van der Waals surface area (Å²) < 4.78 is 41.1. The summed E-state index contributed by atoms with van der Waals surface area (Å²) in [6.45, 7) is 5.93. The Morgan fingerprint density at radius 2 is 1.64 bits per heavy atom. The number of ether oxygens (including phenoxy) is 1. The molecule has 0 aliphatic heterocycles. The summed E-state index contributed by atoms with van der Waals surface area (Å²) in [4.78, 5) is 17.6. The zero-order valence-electron chi connectivity index (χ0n) is 19.1. The van der Waals surface area contributed by atoms with Crippen LogP contribution in [0.1, 0.15) is 33.6 Å². The molecular weight excluding hydrogens is 562 g/mol. The molecular formula is C22H31IN2O7P+.